The number of hydrogen-bond acceptors (Lipinski definition) is 4. The Morgan fingerprint density at radius 3 is 2.49 bits per heavy atom. The Morgan fingerprint density at radius 1 is 1.17 bits per heavy atom. The van der Waals surface area contributed by atoms with Crippen molar-refractivity contribution in [2.75, 3.05) is 11.4 Å². The summed E-state index contributed by atoms with van der Waals surface area (Å²) in [4.78, 5) is 34.0. The maximum Gasteiger partial charge on any atom is 0.272 e. The van der Waals surface area contributed by atoms with Crippen molar-refractivity contribution < 1.29 is 14.7 Å². The number of para-hydroxylation sites is 1. The molecule has 1 aromatic carbocycles. The Kier molecular flexibility index (Phi) is 9.51. The first-order chi connectivity index (χ1) is 16.6. The number of fused-ring (bicyclic) bond motifs is 1. The van der Waals surface area contributed by atoms with E-state index in [0.29, 0.717) is 31.7 Å². The molecule has 0 aromatic heterocycles. The average Bonchev–Trinajstić information content (AvgIpc) is 3.64. The second kappa shape index (κ2) is 12.2. The second-order valence-electron chi connectivity index (χ2n) is 11.6. The molecule has 35 heavy (non-hydrogen) atoms. The van der Waals surface area contributed by atoms with E-state index in [1.165, 1.54) is 0 Å². The van der Waals surface area contributed by atoms with Crippen LogP contribution in [0.5, 0.6) is 0 Å². The van der Waals surface area contributed by atoms with Crippen LogP contribution in [0.1, 0.15) is 98.0 Å². The summed E-state index contributed by atoms with van der Waals surface area (Å²) < 4.78 is 0. The number of aliphatic imine (C=N–C) groups is 1. The number of benzodiazepines with no additional fused rings is 1. The molecule has 0 spiro atoms. The van der Waals surface area contributed by atoms with Crippen LogP contribution in [0.3, 0.4) is 0 Å². The summed E-state index contributed by atoms with van der Waals surface area (Å²) in [6.45, 7) is 11.2. The first-order valence-corrected chi connectivity index (χ1v) is 13.6. The van der Waals surface area contributed by atoms with Gasteiger partial charge in [-0.15, -0.1) is 0 Å². The second-order valence-corrected chi connectivity index (χ2v) is 11.6. The van der Waals surface area contributed by atoms with E-state index in [1.807, 2.05) is 24.3 Å². The smallest absolute Gasteiger partial charge is 0.272 e. The number of nitrogens with zero attached hydrogens (tertiary/aromatic N) is 2. The summed E-state index contributed by atoms with van der Waals surface area (Å²) in [5.74, 6) is -0.453. The number of anilines is 1. The molecule has 1 aliphatic heterocycles. The number of unbranched alkanes of at least 4 members (excludes halogenated alkanes) is 2. The maximum absolute atomic E-state index is 13.8. The largest absolute Gasteiger partial charge is 0.392 e. The molecule has 1 unspecified atom stereocenters. The molecule has 1 fully saturated rings. The van der Waals surface area contributed by atoms with E-state index in [9.17, 15) is 14.7 Å². The molecule has 3 atom stereocenters. The summed E-state index contributed by atoms with van der Waals surface area (Å²) in [7, 11) is 0. The van der Waals surface area contributed by atoms with Crippen LogP contribution in [-0.2, 0) is 9.59 Å². The molecule has 2 aliphatic rings. The minimum atomic E-state index is -0.982. The van der Waals surface area contributed by atoms with Crippen molar-refractivity contribution in [1.29, 1.82) is 0 Å². The number of rotatable bonds is 12. The zero-order chi connectivity index (χ0) is 25.6. The lowest BCUT2D eigenvalue weighted by Crippen LogP contribution is -2.50. The van der Waals surface area contributed by atoms with Crippen molar-refractivity contribution in [2.24, 2.45) is 22.2 Å². The fraction of sp³-hybridized carbons (Fsp3) is 0.690. The maximum atomic E-state index is 13.8. The Labute approximate surface area is 211 Å². The summed E-state index contributed by atoms with van der Waals surface area (Å²) in [6, 6.07) is 7.94. The molecule has 0 saturated heterocycles. The van der Waals surface area contributed by atoms with E-state index in [0.717, 1.165) is 55.5 Å². The number of hydrogen-bond donors (Lipinski definition) is 2. The van der Waals surface area contributed by atoms with Crippen LogP contribution in [0.2, 0.25) is 0 Å². The summed E-state index contributed by atoms with van der Waals surface area (Å²) in [5.41, 5.74) is 2.63. The van der Waals surface area contributed by atoms with Crippen molar-refractivity contribution in [3.8, 4) is 0 Å². The third-order valence-corrected chi connectivity index (χ3v) is 6.94. The fourth-order valence-corrected chi connectivity index (χ4v) is 4.79. The molecule has 6 heteroatoms. The molecule has 1 aliphatic carbocycles. The number of benzene rings is 1. The van der Waals surface area contributed by atoms with E-state index >= 15 is 0 Å². The first-order valence-electron chi connectivity index (χ1n) is 13.6. The first kappa shape index (κ1) is 27.4. The Balaban J connectivity index is 1.94. The van der Waals surface area contributed by atoms with Gasteiger partial charge in [-0.05, 0) is 43.1 Å². The Hall–Kier alpha value is -2.21. The summed E-state index contributed by atoms with van der Waals surface area (Å²) in [6.07, 6.45) is 6.21. The average molecular weight is 484 g/mol. The predicted octanol–water partition coefficient (Wildman–Crippen LogP) is 5.47. The minimum absolute atomic E-state index is 0.0347. The van der Waals surface area contributed by atoms with E-state index in [4.69, 9.17) is 4.99 Å². The lowest BCUT2D eigenvalue weighted by Gasteiger charge is -2.27. The molecule has 1 heterocycles. The summed E-state index contributed by atoms with van der Waals surface area (Å²) >= 11 is 0. The van der Waals surface area contributed by atoms with Crippen molar-refractivity contribution >= 4 is 23.2 Å². The molecule has 0 bridgehead atoms. The third-order valence-electron chi connectivity index (χ3n) is 6.94. The number of amides is 2. The highest BCUT2D eigenvalue weighted by Crippen LogP contribution is 2.37. The molecule has 194 valence electrons. The van der Waals surface area contributed by atoms with Crippen LogP contribution in [0.4, 0.5) is 5.69 Å². The third kappa shape index (κ3) is 7.63. The van der Waals surface area contributed by atoms with Gasteiger partial charge in [0.15, 0.2) is 0 Å². The van der Waals surface area contributed by atoms with Gasteiger partial charge in [-0.1, -0.05) is 84.9 Å². The van der Waals surface area contributed by atoms with Crippen molar-refractivity contribution in [3.05, 3.63) is 29.8 Å². The minimum Gasteiger partial charge on any atom is -0.392 e. The van der Waals surface area contributed by atoms with Gasteiger partial charge in [0.1, 0.15) is 0 Å². The van der Waals surface area contributed by atoms with Crippen LogP contribution in [-0.4, -0.2) is 41.4 Å². The van der Waals surface area contributed by atoms with E-state index in [-0.39, 0.29) is 17.2 Å². The number of nitrogens with one attached hydrogen (secondary N) is 1. The van der Waals surface area contributed by atoms with Gasteiger partial charge in [-0.25, -0.2) is 0 Å². The van der Waals surface area contributed by atoms with E-state index in [1.54, 1.807) is 4.90 Å². The molecule has 0 radical (unpaired) electrons. The van der Waals surface area contributed by atoms with Crippen molar-refractivity contribution in [3.63, 3.8) is 0 Å². The topological polar surface area (TPSA) is 82.0 Å². The van der Waals surface area contributed by atoms with Crippen LogP contribution < -0.4 is 10.2 Å². The highest BCUT2D eigenvalue weighted by atomic mass is 16.3. The number of carbonyl (C=O) groups is 2. The van der Waals surface area contributed by atoms with Crippen LogP contribution in [0.25, 0.3) is 0 Å². The molecule has 2 N–H and O–H groups in total. The quantitative estimate of drug-likeness (QED) is 0.414. The van der Waals surface area contributed by atoms with E-state index < -0.39 is 18.2 Å². The van der Waals surface area contributed by atoms with Gasteiger partial charge >= 0.3 is 0 Å². The summed E-state index contributed by atoms with van der Waals surface area (Å²) in [5, 5.41) is 13.8. The standard InChI is InChI=1S/C29H45N3O3/c1-6-8-14-25(33)22(18-20-15-16-20)27(34)31-26-28(35)32(17-9-7-2)24-13-11-10-12-21(24)23(30-26)19-29(3,4)5/h10-13,20,22,25-26,33H,6-9,14-19H2,1-5H3,(H,31,34)/t22-,25+,26?/m1/s1. The number of carbonyl (C=O) groups excluding carboxylic acids is 2. The molecule has 3 rings (SSSR count). The monoisotopic (exact) mass is 483 g/mol. The normalized spacial score (nSPS) is 20.1. The SMILES string of the molecule is CCCC[C@H](O)[C@@H](CC1CC1)C(=O)NC1N=C(CC(C)(C)C)c2ccccc2N(CCCC)C1=O. The van der Waals surface area contributed by atoms with Crippen LogP contribution >= 0.6 is 0 Å². The molecular formula is C29H45N3O3. The fourth-order valence-electron chi connectivity index (χ4n) is 4.79. The van der Waals surface area contributed by atoms with Gasteiger partial charge in [0.2, 0.25) is 12.1 Å². The molecule has 1 saturated carbocycles. The highest BCUT2D eigenvalue weighted by Gasteiger charge is 2.38. The zero-order valence-electron chi connectivity index (χ0n) is 22.3. The molecule has 2 amide bonds. The molecular weight excluding hydrogens is 438 g/mol. The number of aliphatic hydroxyl groups excluding tert-OH is 1. The zero-order valence-corrected chi connectivity index (χ0v) is 22.3. The van der Waals surface area contributed by atoms with Crippen molar-refractivity contribution in [2.45, 2.75) is 105 Å². The van der Waals surface area contributed by atoms with Crippen molar-refractivity contribution in [1.82, 2.24) is 5.32 Å². The Bertz CT molecular complexity index is 901. The Morgan fingerprint density at radius 2 is 1.86 bits per heavy atom. The van der Waals surface area contributed by atoms with Crippen LogP contribution in [0, 0.1) is 17.3 Å². The lowest BCUT2D eigenvalue weighted by molar-refractivity contribution is -0.133. The van der Waals surface area contributed by atoms with Gasteiger partial charge in [-0.3, -0.25) is 14.6 Å². The van der Waals surface area contributed by atoms with Crippen LogP contribution in [0.15, 0.2) is 29.3 Å². The van der Waals surface area contributed by atoms with Gasteiger partial charge in [-0.2, -0.15) is 0 Å². The molecule has 1 aromatic rings. The van der Waals surface area contributed by atoms with Gasteiger partial charge < -0.3 is 15.3 Å². The predicted molar refractivity (Wildman–Crippen MR) is 143 cm³/mol. The van der Waals surface area contributed by atoms with E-state index in [2.05, 4.69) is 39.9 Å². The van der Waals surface area contributed by atoms with Gasteiger partial charge in [0, 0.05) is 17.8 Å². The van der Waals surface area contributed by atoms with Gasteiger partial charge in [0.25, 0.3) is 5.91 Å². The lowest BCUT2D eigenvalue weighted by atomic mass is 9.87. The number of aliphatic hydroxyl groups is 1. The molecule has 6 nitrogen and oxygen atoms in total. The highest BCUT2D eigenvalue weighted by molar-refractivity contribution is 6.13. The van der Waals surface area contributed by atoms with Gasteiger partial charge in [0.05, 0.1) is 17.7 Å².